The number of nitrogens with two attached hydrogens (primary N) is 1. The quantitative estimate of drug-likeness (QED) is 0.515. The second-order valence-corrected chi connectivity index (χ2v) is 7.33. The number of hydrogen-bond acceptors (Lipinski definition) is 6. The average molecular weight is 481 g/mol. The van der Waals surface area contributed by atoms with Crippen molar-refractivity contribution in [2.75, 3.05) is 36.1 Å². The van der Waals surface area contributed by atoms with E-state index in [0.717, 1.165) is 62.4 Å². The summed E-state index contributed by atoms with van der Waals surface area (Å²) in [5.41, 5.74) is 5.95. The second kappa shape index (κ2) is 11.6. The van der Waals surface area contributed by atoms with Gasteiger partial charge in [-0.1, -0.05) is 13.3 Å². The molecular formula is C20H29Cl2F3N6. The summed E-state index contributed by atoms with van der Waals surface area (Å²) in [5, 5.41) is 6.22. The van der Waals surface area contributed by atoms with Crippen LogP contribution < -0.4 is 21.3 Å². The van der Waals surface area contributed by atoms with Crippen LogP contribution in [-0.4, -0.2) is 36.1 Å². The van der Waals surface area contributed by atoms with Crippen LogP contribution in [0, 0.1) is 0 Å². The Morgan fingerprint density at radius 3 is 2.55 bits per heavy atom. The molecule has 0 radical (unpaired) electrons. The van der Waals surface area contributed by atoms with Crippen molar-refractivity contribution in [3.8, 4) is 0 Å². The van der Waals surface area contributed by atoms with Gasteiger partial charge in [0.2, 0.25) is 5.95 Å². The van der Waals surface area contributed by atoms with Crippen molar-refractivity contribution in [2.24, 2.45) is 0 Å². The monoisotopic (exact) mass is 480 g/mol. The topological polar surface area (TPSA) is 79.1 Å². The van der Waals surface area contributed by atoms with Crippen molar-refractivity contribution in [2.45, 2.75) is 44.8 Å². The highest BCUT2D eigenvalue weighted by Gasteiger charge is 2.31. The SMILES string of the molecule is CCCc1cc(N2CCC[C@@H](NC)C2)nc(Nc2cc(N)cc(C(F)(F)F)c2)n1.Cl.Cl. The van der Waals surface area contributed by atoms with Gasteiger partial charge in [0.05, 0.1) is 5.56 Å². The molecule has 31 heavy (non-hydrogen) atoms. The third kappa shape index (κ3) is 7.29. The standard InChI is InChI=1S/C20H27F3N6.2ClH/c1-3-5-15-11-18(29-7-4-6-16(12-29)25-2)28-19(26-15)27-17-9-13(20(21,22)23)8-14(24)10-17;;/h8-11,16,25H,3-7,12,24H2,1-2H3,(H,26,27,28);2*1H/t16-;;/m1../s1. The van der Waals surface area contributed by atoms with Crippen LogP contribution in [-0.2, 0) is 12.6 Å². The molecule has 2 heterocycles. The Morgan fingerprint density at radius 2 is 1.90 bits per heavy atom. The maximum Gasteiger partial charge on any atom is 0.416 e. The molecule has 11 heteroatoms. The number of aryl methyl sites for hydroxylation is 1. The lowest BCUT2D eigenvalue weighted by Crippen LogP contribution is -2.44. The summed E-state index contributed by atoms with van der Waals surface area (Å²) >= 11 is 0. The fraction of sp³-hybridized carbons (Fsp3) is 0.500. The van der Waals surface area contributed by atoms with Crippen molar-refractivity contribution < 1.29 is 13.2 Å². The maximum atomic E-state index is 13.1. The van der Waals surface area contributed by atoms with E-state index in [1.807, 2.05) is 13.1 Å². The average Bonchev–Trinajstić information content (AvgIpc) is 2.67. The van der Waals surface area contributed by atoms with E-state index >= 15 is 0 Å². The fourth-order valence-electron chi connectivity index (χ4n) is 3.52. The third-order valence-corrected chi connectivity index (χ3v) is 4.96. The molecule has 0 amide bonds. The van der Waals surface area contributed by atoms with Gasteiger partial charge >= 0.3 is 6.18 Å². The Morgan fingerprint density at radius 1 is 1.16 bits per heavy atom. The van der Waals surface area contributed by atoms with Gasteiger partial charge < -0.3 is 21.3 Å². The number of likely N-dealkylation sites (N-methyl/N-ethyl adjacent to an activating group) is 1. The van der Waals surface area contributed by atoms with Crippen LogP contribution in [0.3, 0.4) is 0 Å². The van der Waals surface area contributed by atoms with Crippen LogP contribution in [0.5, 0.6) is 0 Å². The van der Waals surface area contributed by atoms with Crippen molar-refractivity contribution in [3.05, 3.63) is 35.5 Å². The minimum atomic E-state index is -4.47. The number of nitrogens with one attached hydrogen (secondary N) is 2. The second-order valence-electron chi connectivity index (χ2n) is 7.33. The van der Waals surface area contributed by atoms with Gasteiger partial charge in [0.15, 0.2) is 0 Å². The van der Waals surface area contributed by atoms with E-state index in [4.69, 9.17) is 5.73 Å². The predicted octanol–water partition coefficient (Wildman–Crippen LogP) is 4.81. The number of anilines is 4. The number of piperidine rings is 1. The van der Waals surface area contributed by atoms with E-state index in [2.05, 4.69) is 32.4 Å². The van der Waals surface area contributed by atoms with Crippen LogP contribution in [0.15, 0.2) is 24.3 Å². The maximum absolute atomic E-state index is 13.1. The highest BCUT2D eigenvalue weighted by atomic mass is 35.5. The van der Waals surface area contributed by atoms with E-state index in [1.165, 1.54) is 6.07 Å². The number of rotatable bonds is 6. The minimum absolute atomic E-state index is 0. The number of nitrogen functional groups attached to an aromatic ring is 1. The summed E-state index contributed by atoms with van der Waals surface area (Å²) in [6, 6.07) is 5.73. The summed E-state index contributed by atoms with van der Waals surface area (Å²) in [6.45, 7) is 3.77. The molecule has 6 nitrogen and oxygen atoms in total. The summed E-state index contributed by atoms with van der Waals surface area (Å²) in [4.78, 5) is 11.3. The van der Waals surface area contributed by atoms with Crippen molar-refractivity contribution in [1.82, 2.24) is 15.3 Å². The molecule has 0 bridgehead atoms. The summed E-state index contributed by atoms with van der Waals surface area (Å²) in [7, 11) is 1.95. The molecule has 1 aliphatic rings. The highest BCUT2D eigenvalue weighted by Crippen LogP contribution is 2.33. The van der Waals surface area contributed by atoms with Gasteiger partial charge in [-0.2, -0.15) is 18.2 Å². The number of hydrogen-bond donors (Lipinski definition) is 3. The van der Waals surface area contributed by atoms with Crippen LogP contribution in [0.4, 0.5) is 36.3 Å². The third-order valence-electron chi connectivity index (χ3n) is 4.96. The van der Waals surface area contributed by atoms with E-state index in [0.29, 0.717) is 6.04 Å². The zero-order chi connectivity index (χ0) is 21.0. The summed E-state index contributed by atoms with van der Waals surface area (Å²) < 4.78 is 39.3. The van der Waals surface area contributed by atoms with E-state index < -0.39 is 11.7 Å². The molecule has 1 atom stereocenters. The molecule has 0 spiro atoms. The van der Waals surface area contributed by atoms with Crippen LogP contribution in [0.1, 0.15) is 37.4 Å². The van der Waals surface area contributed by atoms with Gasteiger partial charge in [0, 0.05) is 42.3 Å². The van der Waals surface area contributed by atoms with Gasteiger partial charge in [-0.25, -0.2) is 4.98 Å². The van der Waals surface area contributed by atoms with Crippen molar-refractivity contribution >= 4 is 48.0 Å². The predicted molar refractivity (Wildman–Crippen MR) is 124 cm³/mol. The first-order valence-electron chi connectivity index (χ1n) is 9.83. The number of alkyl halides is 3. The molecule has 3 rings (SSSR count). The van der Waals surface area contributed by atoms with Crippen molar-refractivity contribution in [1.29, 1.82) is 0 Å². The molecule has 0 unspecified atom stereocenters. The summed E-state index contributed by atoms with van der Waals surface area (Å²) in [6.07, 6.45) is -0.651. The van der Waals surface area contributed by atoms with Crippen LogP contribution in [0.2, 0.25) is 0 Å². The first-order valence-corrected chi connectivity index (χ1v) is 9.83. The van der Waals surface area contributed by atoms with Gasteiger partial charge in [0.25, 0.3) is 0 Å². The molecule has 0 aliphatic carbocycles. The van der Waals surface area contributed by atoms with Gasteiger partial charge in [0.1, 0.15) is 5.82 Å². The molecule has 1 aromatic heterocycles. The highest BCUT2D eigenvalue weighted by molar-refractivity contribution is 5.85. The molecule has 174 valence electrons. The Balaban J connectivity index is 0.00000240. The molecule has 2 aromatic rings. The molecule has 1 fully saturated rings. The Kier molecular flexibility index (Phi) is 10.1. The van der Waals surface area contributed by atoms with Gasteiger partial charge in [-0.15, -0.1) is 24.8 Å². The lowest BCUT2D eigenvalue weighted by molar-refractivity contribution is -0.137. The molecule has 4 N–H and O–H groups in total. The lowest BCUT2D eigenvalue weighted by Gasteiger charge is -2.33. The smallest absolute Gasteiger partial charge is 0.399 e. The van der Waals surface area contributed by atoms with Gasteiger partial charge in [-0.3, -0.25) is 0 Å². The lowest BCUT2D eigenvalue weighted by atomic mass is 10.1. The Labute approximate surface area is 193 Å². The van der Waals surface area contributed by atoms with Crippen LogP contribution >= 0.6 is 24.8 Å². The largest absolute Gasteiger partial charge is 0.416 e. The number of benzene rings is 1. The first-order chi connectivity index (χ1) is 13.8. The number of aromatic nitrogens is 2. The number of nitrogens with zero attached hydrogens (tertiary/aromatic N) is 3. The molecule has 1 aromatic carbocycles. The molecule has 1 saturated heterocycles. The van der Waals surface area contributed by atoms with Gasteiger partial charge in [-0.05, 0) is 44.5 Å². The molecular weight excluding hydrogens is 452 g/mol. The minimum Gasteiger partial charge on any atom is -0.399 e. The van der Waals surface area contributed by atoms with E-state index in [-0.39, 0.29) is 42.1 Å². The fourth-order valence-corrected chi connectivity index (χ4v) is 3.52. The van der Waals surface area contributed by atoms with Crippen molar-refractivity contribution in [3.63, 3.8) is 0 Å². The zero-order valence-corrected chi connectivity index (χ0v) is 19.1. The van der Waals surface area contributed by atoms with Crippen LogP contribution in [0.25, 0.3) is 0 Å². The molecule has 0 saturated carbocycles. The Hall–Kier alpha value is -1.97. The normalized spacial score (nSPS) is 16.3. The Bertz CT molecular complexity index is 850. The molecule has 1 aliphatic heterocycles. The summed E-state index contributed by atoms with van der Waals surface area (Å²) in [5.74, 6) is 1.06. The van der Waals surface area contributed by atoms with E-state index in [1.54, 1.807) is 0 Å². The first kappa shape index (κ1) is 27.1. The number of halogens is 5. The zero-order valence-electron chi connectivity index (χ0n) is 17.5. The van der Waals surface area contributed by atoms with E-state index in [9.17, 15) is 13.2 Å².